The minimum Gasteiger partial charge on any atom is -0.387 e. The number of nitrogens with zero attached hydrogens (tertiary/aromatic N) is 4. The van der Waals surface area contributed by atoms with Gasteiger partial charge in [0.05, 0.1) is 17.8 Å². The van der Waals surface area contributed by atoms with Crippen LogP contribution in [-0.2, 0) is 10.9 Å². The number of aliphatic hydroxyl groups is 1. The summed E-state index contributed by atoms with van der Waals surface area (Å²) in [6.07, 6.45) is 1.17. The number of hydrogen-bond acceptors (Lipinski definition) is 6. The van der Waals surface area contributed by atoms with Gasteiger partial charge in [-0.25, -0.2) is 9.97 Å². The molecule has 1 aliphatic heterocycles. The Balaban J connectivity index is 1.57. The van der Waals surface area contributed by atoms with Gasteiger partial charge in [0.15, 0.2) is 0 Å². The number of hydrogen-bond donors (Lipinski definition) is 2. The molecule has 0 amide bonds. The van der Waals surface area contributed by atoms with Crippen molar-refractivity contribution in [1.82, 2.24) is 19.7 Å². The molecular formula is C22H24F3N5O2. The third kappa shape index (κ3) is 4.76. The Kier molecular flexibility index (Phi) is 5.91. The molecular weight excluding hydrogens is 423 g/mol. The summed E-state index contributed by atoms with van der Waals surface area (Å²) in [6, 6.07) is 6.14. The smallest absolute Gasteiger partial charge is 0.387 e. The number of rotatable bonds is 5. The quantitative estimate of drug-likeness (QED) is 0.599. The number of aryl methyl sites for hydroxylation is 1. The SMILES string of the molecule is Cc1cc(Nc2nccc(C(F)(F)F)n2)cc(-c2cnn(C(C)C3(O)CCOCC3)c2)c1. The fourth-order valence-electron chi connectivity index (χ4n) is 3.82. The lowest BCUT2D eigenvalue weighted by Crippen LogP contribution is -2.43. The lowest BCUT2D eigenvalue weighted by Gasteiger charge is -2.37. The predicted molar refractivity (Wildman–Crippen MR) is 112 cm³/mol. The third-order valence-corrected chi connectivity index (χ3v) is 5.75. The van der Waals surface area contributed by atoms with Crippen LogP contribution in [0.1, 0.15) is 37.1 Å². The largest absolute Gasteiger partial charge is 0.433 e. The Hall–Kier alpha value is -2.98. The average Bonchev–Trinajstić information content (AvgIpc) is 3.23. The highest BCUT2D eigenvalue weighted by Crippen LogP contribution is 2.34. The molecule has 3 heterocycles. The number of ether oxygens (including phenoxy) is 1. The van der Waals surface area contributed by atoms with Crippen LogP contribution in [0, 0.1) is 6.92 Å². The summed E-state index contributed by atoms with van der Waals surface area (Å²) in [5.41, 5.74) is 1.22. The molecule has 32 heavy (non-hydrogen) atoms. The molecule has 2 N–H and O–H groups in total. The van der Waals surface area contributed by atoms with Gasteiger partial charge >= 0.3 is 6.18 Å². The van der Waals surface area contributed by atoms with E-state index in [2.05, 4.69) is 20.4 Å². The van der Waals surface area contributed by atoms with Gasteiger partial charge in [-0.05, 0) is 43.2 Å². The average molecular weight is 447 g/mol. The van der Waals surface area contributed by atoms with E-state index in [1.54, 1.807) is 23.0 Å². The van der Waals surface area contributed by atoms with E-state index in [1.165, 1.54) is 0 Å². The number of benzene rings is 1. The molecule has 0 radical (unpaired) electrons. The van der Waals surface area contributed by atoms with E-state index in [0.717, 1.165) is 29.0 Å². The van der Waals surface area contributed by atoms with Crippen LogP contribution in [0.15, 0.2) is 42.9 Å². The first-order valence-electron chi connectivity index (χ1n) is 10.3. The minimum atomic E-state index is -4.54. The number of anilines is 2. The molecule has 7 nitrogen and oxygen atoms in total. The number of aromatic nitrogens is 4. The Morgan fingerprint density at radius 2 is 1.94 bits per heavy atom. The molecule has 1 aliphatic rings. The first-order valence-corrected chi connectivity index (χ1v) is 10.3. The van der Waals surface area contributed by atoms with Gasteiger partial charge in [0.25, 0.3) is 0 Å². The molecule has 170 valence electrons. The van der Waals surface area contributed by atoms with Gasteiger partial charge in [0, 0.05) is 49.7 Å². The molecule has 0 saturated carbocycles. The lowest BCUT2D eigenvalue weighted by atomic mass is 9.87. The maximum absolute atomic E-state index is 12.9. The van der Waals surface area contributed by atoms with Gasteiger partial charge in [0.2, 0.25) is 5.95 Å². The Labute approximate surface area is 183 Å². The zero-order valence-electron chi connectivity index (χ0n) is 17.7. The fourth-order valence-corrected chi connectivity index (χ4v) is 3.82. The molecule has 0 spiro atoms. The molecule has 3 aromatic rings. The fraction of sp³-hybridized carbons (Fsp3) is 0.409. The van der Waals surface area contributed by atoms with Crippen LogP contribution in [0.2, 0.25) is 0 Å². The third-order valence-electron chi connectivity index (χ3n) is 5.75. The zero-order chi connectivity index (χ0) is 22.9. The first kappa shape index (κ1) is 22.2. The van der Waals surface area contributed by atoms with Gasteiger partial charge in [0.1, 0.15) is 5.69 Å². The number of alkyl halides is 3. The second kappa shape index (κ2) is 8.51. The van der Waals surface area contributed by atoms with Crippen molar-refractivity contribution >= 4 is 11.6 Å². The van der Waals surface area contributed by atoms with E-state index in [4.69, 9.17) is 4.74 Å². The molecule has 1 atom stereocenters. The van der Waals surface area contributed by atoms with E-state index in [0.29, 0.717) is 31.7 Å². The van der Waals surface area contributed by atoms with Crippen molar-refractivity contribution in [3.8, 4) is 11.1 Å². The molecule has 1 fully saturated rings. The monoisotopic (exact) mass is 447 g/mol. The first-order chi connectivity index (χ1) is 15.1. The Morgan fingerprint density at radius 1 is 1.19 bits per heavy atom. The lowest BCUT2D eigenvalue weighted by molar-refractivity contribution is -0.141. The second-order valence-corrected chi connectivity index (χ2v) is 8.08. The standard InChI is InChI=1S/C22H24F3N5O2/c1-14-9-16(11-18(10-14)28-20-26-6-3-19(29-20)22(23,24)25)17-12-27-30(13-17)15(2)21(31)4-7-32-8-5-21/h3,6,9-13,15,31H,4-5,7-8H2,1-2H3,(H,26,28,29). The molecule has 4 rings (SSSR count). The summed E-state index contributed by atoms with van der Waals surface area (Å²) in [5, 5.41) is 18.3. The van der Waals surface area contributed by atoms with Crippen LogP contribution < -0.4 is 5.32 Å². The summed E-state index contributed by atoms with van der Waals surface area (Å²) in [5.74, 6) is -0.137. The topological polar surface area (TPSA) is 85.1 Å². The van der Waals surface area contributed by atoms with E-state index in [1.807, 2.05) is 26.1 Å². The maximum atomic E-state index is 12.9. The summed E-state index contributed by atoms with van der Waals surface area (Å²) in [4.78, 5) is 7.45. The van der Waals surface area contributed by atoms with Gasteiger partial charge in [-0.1, -0.05) is 6.07 Å². The zero-order valence-corrected chi connectivity index (χ0v) is 17.7. The molecule has 1 unspecified atom stereocenters. The highest BCUT2D eigenvalue weighted by molar-refractivity contribution is 5.70. The van der Waals surface area contributed by atoms with Crippen molar-refractivity contribution in [1.29, 1.82) is 0 Å². The van der Waals surface area contributed by atoms with Crippen LogP contribution in [0.3, 0.4) is 0 Å². The number of halogens is 3. The molecule has 1 aromatic carbocycles. The van der Waals surface area contributed by atoms with Gasteiger partial charge < -0.3 is 15.2 Å². The minimum absolute atomic E-state index is 0.137. The molecule has 2 aromatic heterocycles. The highest BCUT2D eigenvalue weighted by atomic mass is 19.4. The summed E-state index contributed by atoms with van der Waals surface area (Å²) >= 11 is 0. The van der Waals surface area contributed by atoms with E-state index in [9.17, 15) is 18.3 Å². The molecule has 1 saturated heterocycles. The molecule has 10 heteroatoms. The predicted octanol–water partition coefficient (Wildman–Crippen LogP) is 4.51. The summed E-state index contributed by atoms with van der Waals surface area (Å²) < 4.78 is 45.9. The summed E-state index contributed by atoms with van der Waals surface area (Å²) in [6.45, 7) is 4.84. The highest BCUT2D eigenvalue weighted by Gasteiger charge is 2.37. The van der Waals surface area contributed by atoms with Crippen molar-refractivity contribution in [2.75, 3.05) is 18.5 Å². The van der Waals surface area contributed by atoms with E-state index >= 15 is 0 Å². The van der Waals surface area contributed by atoms with Crippen LogP contribution in [0.25, 0.3) is 11.1 Å². The van der Waals surface area contributed by atoms with E-state index < -0.39 is 17.5 Å². The van der Waals surface area contributed by atoms with Crippen LogP contribution in [0.5, 0.6) is 0 Å². The Morgan fingerprint density at radius 3 is 2.66 bits per heavy atom. The maximum Gasteiger partial charge on any atom is 0.433 e. The normalized spacial score (nSPS) is 17.2. The van der Waals surface area contributed by atoms with E-state index in [-0.39, 0.29) is 12.0 Å². The summed E-state index contributed by atoms with van der Waals surface area (Å²) in [7, 11) is 0. The van der Waals surface area contributed by atoms with Crippen LogP contribution >= 0.6 is 0 Å². The molecule has 0 aliphatic carbocycles. The Bertz CT molecular complexity index is 1090. The second-order valence-electron chi connectivity index (χ2n) is 8.08. The van der Waals surface area contributed by atoms with Crippen molar-refractivity contribution in [2.45, 2.75) is 44.5 Å². The van der Waals surface area contributed by atoms with Crippen LogP contribution in [-0.4, -0.2) is 43.7 Å². The van der Waals surface area contributed by atoms with Crippen LogP contribution in [0.4, 0.5) is 24.8 Å². The van der Waals surface area contributed by atoms with Gasteiger partial charge in [-0.2, -0.15) is 18.3 Å². The van der Waals surface area contributed by atoms with Crippen molar-refractivity contribution in [3.05, 3.63) is 54.1 Å². The van der Waals surface area contributed by atoms with Gasteiger partial charge in [-0.15, -0.1) is 0 Å². The van der Waals surface area contributed by atoms with Gasteiger partial charge in [-0.3, -0.25) is 4.68 Å². The van der Waals surface area contributed by atoms with Crippen molar-refractivity contribution in [2.24, 2.45) is 0 Å². The van der Waals surface area contributed by atoms with Crippen molar-refractivity contribution < 1.29 is 23.0 Å². The van der Waals surface area contributed by atoms with Crippen molar-refractivity contribution in [3.63, 3.8) is 0 Å². The number of nitrogens with one attached hydrogen (secondary N) is 1. The molecule has 0 bridgehead atoms.